The largest absolute Gasteiger partial charge is 0.468 e. The zero-order valence-electron chi connectivity index (χ0n) is 20.9. The molecule has 4 aromatic rings. The minimum atomic E-state index is -1.59. The molecule has 0 bridgehead atoms. The van der Waals surface area contributed by atoms with Gasteiger partial charge in [0.1, 0.15) is 16.5 Å². The number of benzene rings is 4. The zero-order chi connectivity index (χ0) is 25.8. The molecule has 0 amide bonds. The van der Waals surface area contributed by atoms with Crippen LogP contribution in [0.2, 0.25) is 0 Å². The number of nitrogens with zero attached hydrogens (tertiary/aromatic N) is 1. The summed E-state index contributed by atoms with van der Waals surface area (Å²) in [6.45, 7) is 2.01. The molecule has 0 spiro atoms. The van der Waals surface area contributed by atoms with Gasteiger partial charge in [-0.15, -0.1) is 0 Å². The fraction of sp³-hybridized carbons (Fsp3) is 0.194. The lowest BCUT2D eigenvalue weighted by atomic mass is 9.81. The molecule has 1 unspecified atom stereocenters. The van der Waals surface area contributed by atoms with Crippen LogP contribution in [-0.2, 0) is 26.9 Å². The van der Waals surface area contributed by atoms with E-state index in [9.17, 15) is 9.00 Å². The van der Waals surface area contributed by atoms with Crippen molar-refractivity contribution in [2.75, 3.05) is 7.11 Å². The topological polar surface area (TPSA) is 58.6 Å². The summed E-state index contributed by atoms with van der Waals surface area (Å²) in [6.07, 6.45) is -0.137. The summed E-state index contributed by atoms with van der Waals surface area (Å²) >= 11 is 0. The first kappa shape index (κ1) is 25.1. The molecule has 1 heterocycles. The van der Waals surface area contributed by atoms with E-state index in [2.05, 4.69) is 5.32 Å². The monoisotopic (exact) mass is 510 g/mol. The van der Waals surface area contributed by atoms with E-state index in [4.69, 9.17) is 4.74 Å². The second kappa shape index (κ2) is 10.8. The number of nitrogens with one attached hydrogen (secondary N) is 1. The molecular formula is C31H30N2O3S. The van der Waals surface area contributed by atoms with Crippen LogP contribution >= 0.6 is 0 Å². The maximum Gasteiger partial charge on any atom is 0.328 e. The van der Waals surface area contributed by atoms with Crippen LogP contribution in [0.4, 0.5) is 0 Å². The predicted molar refractivity (Wildman–Crippen MR) is 146 cm³/mol. The Kier molecular flexibility index (Phi) is 7.33. The maximum absolute atomic E-state index is 14.4. The van der Waals surface area contributed by atoms with Gasteiger partial charge in [-0.3, -0.25) is 5.32 Å². The highest BCUT2D eigenvalue weighted by molar-refractivity contribution is 7.82. The summed E-state index contributed by atoms with van der Waals surface area (Å²) in [7, 11) is -0.176. The Morgan fingerprint density at radius 3 is 1.95 bits per heavy atom. The standard InChI is InChI=1S/C31H30N2O3S/c1-23-18-20-27(21-19-23)37(35)33-28(25-14-8-4-9-15-25)31(30(34)36-2,22-24-12-6-3-7-13-24)32-29(33)26-16-10-5-11-17-26/h3-21,28-29,32H,22H2,1-2H3/t28-,29+,31-,37?/m0/s1. The average molecular weight is 511 g/mol. The fourth-order valence-corrected chi connectivity index (χ4v) is 6.61. The maximum atomic E-state index is 14.4. The number of carbonyl (C=O) groups is 1. The van der Waals surface area contributed by atoms with Crippen molar-refractivity contribution in [1.82, 2.24) is 9.62 Å². The summed E-state index contributed by atoms with van der Waals surface area (Å²) in [5, 5.41) is 3.64. The zero-order valence-corrected chi connectivity index (χ0v) is 21.7. The predicted octanol–water partition coefficient (Wildman–Crippen LogP) is 5.52. The van der Waals surface area contributed by atoms with Crippen LogP contribution in [0.1, 0.15) is 34.5 Å². The van der Waals surface area contributed by atoms with Gasteiger partial charge in [0.15, 0.2) is 0 Å². The van der Waals surface area contributed by atoms with Crippen LogP contribution in [0.15, 0.2) is 120 Å². The molecule has 4 atom stereocenters. The van der Waals surface area contributed by atoms with Crippen molar-refractivity contribution in [2.45, 2.75) is 36.0 Å². The van der Waals surface area contributed by atoms with E-state index in [-0.39, 0.29) is 0 Å². The molecule has 37 heavy (non-hydrogen) atoms. The van der Waals surface area contributed by atoms with Gasteiger partial charge >= 0.3 is 5.97 Å². The normalized spacial score (nSPS) is 22.4. The number of ether oxygens (including phenoxy) is 1. The first-order chi connectivity index (χ1) is 18.0. The highest BCUT2D eigenvalue weighted by atomic mass is 32.2. The van der Waals surface area contributed by atoms with Crippen LogP contribution < -0.4 is 5.32 Å². The lowest BCUT2D eigenvalue weighted by molar-refractivity contribution is -0.149. The molecule has 188 valence electrons. The number of hydrogen-bond acceptors (Lipinski definition) is 4. The van der Waals surface area contributed by atoms with Crippen LogP contribution in [0, 0.1) is 6.92 Å². The van der Waals surface area contributed by atoms with E-state index in [0.29, 0.717) is 11.3 Å². The molecule has 0 aromatic heterocycles. The summed E-state index contributed by atoms with van der Waals surface area (Å²) in [5.74, 6) is -0.394. The summed E-state index contributed by atoms with van der Waals surface area (Å²) < 4.78 is 21.8. The van der Waals surface area contributed by atoms with E-state index >= 15 is 0 Å². The second-order valence-electron chi connectivity index (χ2n) is 9.32. The van der Waals surface area contributed by atoms with Gasteiger partial charge in [0.2, 0.25) is 0 Å². The van der Waals surface area contributed by atoms with Gasteiger partial charge in [0, 0.05) is 6.42 Å². The van der Waals surface area contributed by atoms with E-state index in [0.717, 1.165) is 22.3 Å². The first-order valence-corrected chi connectivity index (χ1v) is 13.4. The molecule has 0 saturated carbocycles. The SMILES string of the molecule is COC(=O)[C@@]1(Cc2ccccc2)N[C@@H](c2ccccc2)N(S(=O)c2ccc(C)cc2)[C@H]1c1ccccc1. The number of rotatable bonds is 7. The van der Waals surface area contributed by atoms with Gasteiger partial charge < -0.3 is 4.74 Å². The summed E-state index contributed by atoms with van der Waals surface area (Å²) in [6, 6.07) is 36.7. The van der Waals surface area contributed by atoms with E-state index in [1.54, 1.807) is 0 Å². The van der Waals surface area contributed by atoms with Crippen molar-refractivity contribution in [1.29, 1.82) is 0 Å². The number of esters is 1. The van der Waals surface area contributed by atoms with Gasteiger partial charge in [-0.25, -0.2) is 9.00 Å². The highest BCUT2D eigenvalue weighted by Crippen LogP contribution is 2.48. The number of hydrogen-bond donors (Lipinski definition) is 1. The van der Waals surface area contributed by atoms with Crippen LogP contribution in [-0.4, -0.2) is 27.1 Å². The lowest BCUT2D eigenvalue weighted by Gasteiger charge is -2.35. The first-order valence-electron chi connectivity index (χ1n) is 12.3. The van der Waals surface area contributed by atoms with Crippen molar-refractivity contribution < 1.29 is 13.7 Å². The molecule has 0 radical (unpaired) electrons. The van der Waals surface area contributed by atoms with Crippen molar-refractivity contribution in [2.24, 2.45) is 0 Å². The minimum Gasteiger partial charge on any atom is -0.468 e. The molecule has 1 aliphatic rings. The molecule has 5 nitrogen and oxygen atoms in total. The number of aryl methyl sites for hydroxylation is 1. The van der Waals surface area contributed by atoms with E-state index in [1.165, 1.54) is 7.11 Å². The Hall–Kier alpha value is -3.58. The Balaban J connectivity index is 1.74. The van der Waals surface area contributed by atoms with Gasteiger partial charge in [0.25, 0.3) is 0 Å². The Labute approximate surface area is 220 Å². The summed E-state index contributed by atoms with van der Waals surface area (Å²) in [5.41, 5.74) is 2.68. The van der Waals surface area contributed by atoms with Crippen LogP contribution in [0.5, 0.6) is 0 Å². The van der Waals surface area contributed by atoms with Gasteiger partial charge in [-0.05, 0) is 35.7 Å². The molecule has 1 fully saturated rings. The smallest absolute Gasteiger partial charge is 0.328 e. The van der Waals surface area contributed by atoms with Crippen LogP contribution in [0.25, 0.3) is 0 Å². The fourth-order valence-electron chi connectivity index (χ4n) is 5.14. The van der Waals surface area contributed by atoms with Gasteiger partial charge in [-0.1, -0.05) is 109 Å². The number of carbonyl (C=O) groups excluding carboxylic acids is 1. The summed E-state index contributed by atoms with van der Waals surface area (Å²) in [4.78, 5) is 14.5. The quantitative estimate of drug-likeness (QED) is 0.333. The Morgan fingerprint density at radius 1 is 0.838 bits per heavy atom. The van der Waals surface area contributed by atoms with E-state index in [1.807, 2.05) is 126 Å². The molecular weight excluding hydrogens is 480 g/mol. The molecule has 6 heteroatoms. The molecule has 1 saturated heterocycles. The second-order valence-corrected chi connectivity index (χ2v) is 10.7. The highest BCUT2D eigenvalue weighted by Gasteiger charge is 2.60. The number of methoxy groups -OCH3 is 1. The van der Waals surface area contributed by atoms with Gasteiger partial charge in [0.05, 0.1) is 24.2 Å². The van der Waals surface area contributed by atoms with Crippen molar-refractivity contribution in [3.63, 3.8) is 0 Å². The molecule has 5 rings (SSSR count). The van der Waals surface area contributed by atoms with Gasteiger partial charge in [-0.2, -0.15) is 4.31 Å². The van der Waals surface area contributed by atoms with E-state index < -0.39 is 34.7 Å². The molecule has 4 aromatic carbocycles. The Morgan fingerprint density at radius 2 is 1.38 bits per heavy atom. The van der Waals surface area contributed by atoms with Crippen molar-refractivity contribution in [3.05, 3.63) is 138 Å². The van der Waals surface area contributed by atoms with Crippen molar-refractivity contribution in [3.8, 4) is 0 Å². The molecule has 1 aliphatic heterocycles. The van der Waals surface area contributed by atoms with Crippen LogP contribution in [0.3, 0.4) is 0 Å². The lowest BCUT2D eigenvalue weighted by Crippen LogP contribution is -2.54. The average Bonchev–Trinajstić information content (AvgIpc) is 3.30. The molecule has 0 aliphatic carbocycles. The Bertz CT molecular complexity index is 1360. The van der Waals surface area contributed by atoms with Crippen molar-refractivity contribution >= 4 is 17.0 Å². The third kappa shape index (κ3) is 4.88. The molecule has 1 N–H and O–H groups in total. The third-order valence-corrected chi connectivity index (χ3v) is 8.37. The third-order valence-electron chi connectivity index (χ3n) is 6.89. The minimum absolute atomic E-state index is 0.366.